The molecule has 0 saturated heterocycles. The molecule has 0 bridgehead atoms. The molecule has 0 amide bonds. The highest BCUT2D eigenvalue weighted by Gasteiger charge is 2.26. The molecule has 4 aromatic rings. The Morgan fingerprint density at radius 3 is 2.62 bits per heavy atom. The standard InChI is InChI=1S/C23H17N3O3/c1-13-19(27)16-8-5-9-17(21(16)28-20(13)14-6-3-2-4-7-14)22-26-18(12-24)23(29-22)25-15-10-11-15/h2-9,15,25H,10-11H2,1H3. The fraction of sp³-hybridized carbons (Fsp3) is 0.174. The summed E-state index contributed by atoms with van der Waals surface area (Å²) >= 11 is 0. The van der Waals surface area contributed by atoms with Gasteiger partial charge in [-0.25, -0.2) is 0 Å². The van der Waals surface area contributed by atoms with Crippen molar-refractivity contribution < 1.29 is 8.83 Å². The molecule has 29 heavy (non-hydrogen) atoms. The molecule has 142 valence electrons. The molecule has 5 rings (SSSR count). The van der Waals surface area contributed by atoms with Crippen molar-refractivity contribution in [3.8, 4) is 28.8 Å². The Labute approximate surface area is 166 Å². The molecule has 0 radical (unpaired) electrons. The normalized spacial score (nSPS) is 13.4. The van der Waals surface area contributed by atoms with Gasteiger partial charge in [0.05, 0.1) is 10.9 Å². The zero-order valence-corrected chi connectivity index (χ0v) is 15.7. The molecular formula is C23H17N3O3. The Morgan fingerprint density at radius 1 is 1.10 bits per heavy atom. The van der Waals surface area contributed by atoms with E-state index in [0.717, 1.165) is 18.4 Å². The fourth-order valence-corrected chi connectivity index (χ4v) is 3.36. The van der Waals surface area contributed by atoms with Crippen LogP contribution >= 0.6 is 0 Å². The van der Waals surface area contributed by atoms with Crippen LogP contribution in [0.5, 0.6) is 0 Å². The Balaban J connectivity index is 1.73. The molecule has 0 aliphatic heterocycles. The van der Waals surface area contributed by atoms with Gasteiger partial charge in [-0.15, -0.1) is 0 Å². The average Bonchev–Trinajstić information content (AvgIpc) is 3.48. The van der Waals surface area contributed by atoms with Crippen LogP contribution in [0.3, 0.4) is 0 Å². The van der Waals surface area contributed by atoms with Crippen LogP contribution in [0.2, 0.25) is 0 Å². The number of hydrogen-bond donors (Lipinski definition) is 1. The average molecular weight is 383 g/mol. The summed E-state index contributed by atoms with van der Waals surface area (Å²) in [5.74, 6) is 1.13. The van der Waals surface area contributed by atoms with Crippen LogP contribution in [-0.2, 0) is 0 Å². The van der Waals surface area contributed by atoms with Gasteiger partial charge in [-0.2, -0.15) is 10.2 Å². The van der Waals surface area contributed by atoms with Gasteiger partial charge in [-0.05, 0) is 31.9 Å². The molecule has 1 fully saturated rings. The minimum atomic E-state index is -0.102. The summed E-state index contributed by atoms with van der Waals surface area (Å²) < 4.78 is 12.1. The van der Waals surface area contributed by atoms with Gasteiger partial charge in [-0.3, -0.25) is 4.79 Å². The Bertz CT molecular complexity index is 1330. The van der Waals surface area contributed by atoms with Crippen LogP contribution in [0.4, 0.5) is 5.88 Å². The van der Waals surface area contributed by atoms with Crippen LogP contribution < -0.4 is 10.7 Å². The summed E-state index contributed by atoms with van der Waals surface area (Å²) in [6, 6.07) is 17.2. The molecule has 0 unspecified atom stereocenters. The van der Waals surface area contributed by atoms with Crippen LogP contribution in [0.15, 0.2) is 62.2 Å². The maximum atomic E-state index is 13.0. The molecule has 1 aliphatic carbocycles. The third-order valence-electron chi connectivity index (χ3n) is 5.06. The highest BCUT2D eigenvalue weighted by Crippen LogP contribution is 2.35. The van der Waals surface area contributed by atoms with Gasteiger partial charge in [-0.1, -0.05) is 36.4 Å². The fourth-order valence-electron chi connectivity index (χ4n) is 3.36. The first-order valence-electron chi connectivity index (χ1n) is 9.45. The van der Waals surface area contributed by atoms with E-state index in [1.807, 2.05) is 30.3 Å². The topological polar surface area (TPSA) is 92.1 Å². The summed E-state index contributed by atoms with van der Waals surface area (Å²) in [6.45, 7) is 1.76. The molecule has 1 saturated carbocycles. The monoisotopic (exact) mass is 383 g/mol. The first-order valence-corrected chi connectivity index (χ1v) is 9.45. The number of hydrogen-bond acceptors (Lipinski definition) is 6. The van der Waals surface area contributed by atoms with E-state index in [9.17, 15) is 10.1 Å². The van der Waals surface area contributed by atoms with E-state index in [1.165, 1.54) is 0 Å². The molecule has 0 atom stereocenters. The maximum absolute atomic E-state index is 13.0. The van der Waals surface area contributed by atoms with Crippen LogP contribution in [-0.4, -0.2) is 11.0 Å². The number of fused-ring (bicyclic) bond motifs is 1. The summed E-state index contributed by atoms with van der Waals surface area (Å²) in [5.41, 5.74) is 2.39. The van der Waals surface area contributed by atoms with E-state index >= 15 is 0 Å². The molecule has 1 N–H and O–H groups in total. The van der Waals surface area contributed by atoms with E-state index in [1.54, 1.807) is 25.1 Å². The first-order chi connectivity index (χ1) is 14.2. The molecule has 2 aromatic heterocycles. The van der Waals surface area contributed by atoms with Crippen LogP contribution in [0.1, 0.15) is 24.1 Å². The lowest BCUT2D eigenvalue weighted by molar-refractivity contribution is 0.578. The number of rotatable bonds is 4. The van der Waals surface area contributed by atoms with Gasteiger partial charge in [0.2, 0.25) is 17.5 Å². The number of nitrogens with one attached hydrogen (secondary N) is 1. The molecule has 6 nitrogen and oxygen atoms in total. The summed E-state index contributed by atoms with van der Waals surface area (Å²) in [6.07, 6.45) is 2.09. The van der Waals surface area contributed by atoms with Crippen LogP contribution in [0, 0.1) is 18.3 Å². The van der Waals surface area contributed by atoms with Gasteiger partial charge < -0.3 is 14.2 Å². The minimum Gasteiger partial charge on any atom is -0.455 e. The van der Waals surface area contributed by atoms with Gasteiger partial charge in [0.15, 0.2) is 11.0 Å². The number of para-hydroxylation sites is 1. The zero-order valence-electron chi connectivity index (χ0n) is 15.7. The Hall–Kier alpha value is -3.85. The van der Waals surface area contributed by atoms with Crippen molar-refractivity contribution in [2.24, 2.45) is 0 Å². The van der Waals surface area contributed by atoms with E-state index < -0.39 is 0 Å². The lowest BCUT2D eigenvalue weighted by Gasteiger charge is -2.09. The van der Waals surface area contributed by atoms with Crippen LogP contribution in [0.25, 0.3) is 33.7 Å². The first kappa shape index (κ1) is 17.3. The summed E-state index contributed by atoms with van der Waals surface area (Å²) in [5, 5.41) is 13.1. The van der Waals surface area contributed by atoms with Gasteiger partial charge >= 0.3 is 0 Å². The Morgan fingerprint density at radius 2 is 1.90 bits per heavy atom. The van der Waals surface area contributed by atoms with Crippen molar-refractivity contribution in [3.63, 3.8) is 0 Å². The molecule has 6 heteroatoms. The number of nitriles is 1. The molecule has 1 aliphatic rings. The van der Waals surface area contributed by atoms with Crippen molar-refractivity contribution in [3.05, 3.63) is 70.0 Å². The third-order valence-corrected chi connectivity index (χ3v) is 5.06. The number of oxazole rings is 1. The third kappa shape index (κ3) is 2.97. The summed E-state index contributed by atoms with van der Waals surface area (Å²) in [4.78, 5) is 17.3. The lowest BCUT2D eigenvalue weighted by Crippen LogP contribution is -2.07. The SMILES string of the molecule is Cc1c(-c2ccccc2)oc2c(-c3nc(C#N)c(NC4CC4)o3)cccc2c1=O. The zero-order chi connectivity index (χ0) is 20.0. The van der Waals surface area contributed by atoms with Gasteiger partial charge in [0, 0.05) is 17.2 Å². The van der Waals surface area contributed by atoms with Gasteiger partial charge in [0.25, 0.3) is 0 Å². The van der Waals surface area contributed by atoms with Gasteiger partial charge in [0.1, 0.15) is 11.8 Å². The van der Waals surface area contributed by atoms with E-state index in [-0.39, 0.29) is 17.0 Å². The van der Waals surface area contributed by atoms with Crippen molar-refractivity contribution >= 4 is 16.9 Å². The second kappa shape index (κ2) is 6.64. The van der Waals surface area contributed by atoms with Crippen molar-refractivity contribution in [1.29, 1.82) is 5.26 Å². The largest absolute Gasteiger partial charge is 0.455 e. The van der Waals surface area contributed by atoms with E-state index in [4.69, 9.17) is 8.83 Å². The second-order valence-corrected chi connectivity index (χ2v) is 7.16. The van der Waals surface area contributed by atoms with E-state index in [0.29, 0.717) is 39.8 Å². The Kier molecular flexibility index (Phi) is 3.95. The quantitative estimate of drug-likeness (QED) is 0.540. The molecular weight excluding hydrogens is 366 g/mol. The van der Waals surface area contributed by atoms with E-state index in [2.05, 4.69) is 16.4 Å². The number of aromatic nitrogens is 1. The smallest absolute Gasteiger partial charge is 0.233 e. The highest BCUT2D eigenvalue weighted by molar-refractivity contribution is 5.91. The summed E-state index contributed by atoms with van der Waals surface area (Å²) in [7, 11) is 0. The maximum Gasteiger partial charge on any atom is 0.233 e. The minimum absolute atomic E-state index is 0.102. The molecule has 2 aromatic carbocycles. The van der Waals surface area contributed by atoms with Crippen molar-refractivity contribution in [1.82, 2.24) is 4.98 Å². The number of benzene rings is 2. The molecule has 0 spiro atoms. The van der Waals surface area contributed by atoms with Crippen molar-refractivity contribution in [2.75, 3.05) is 5.32 Å². The molecule has 2 heterocycles. The second-order valence-electron chi connectivity index (χ2n) is 7.16. The van der Waals surface area contributed by atoms with Crippen molar-refractivity contribution in [2.45, 2.75) is 25.8 Å². The predicted molar refractivity (Wildman–Crippen MR) is 110 cm³/mol. The highest BCUT2D eigenvalue weighted by atomic mass is 16.4. The lowest BCUT2D eigenvalue weighted by atomic mass is 10.0. The predicted octanol–water partition coefficient (Wildman–Crippen LogP) is 4.87. The number of nitrogens with zero attached hydrogens (tertiary/aromatic N) is 2. The number of anilines is 1.